The lowest BCUT2D eigenvalue weighted by Gasteiger charge is -2.33. The summed E-state index contributed by atoms with van der Waals surface area (Å²) in [7, 11) is 0. The molecule has 0 N–H and O–H groups in total. The van der Waals surface area contributed by atoms with E-state index in [0.29, 0.717) is 19.0 Å². The quantitative estimate of drug-likeness (QED) is 0.493. The van der Waals surface area contributed by atoms with Crippen molar-refractivity contribution in [2.45, 2.75) is 38.1 Å². The molecule has 0 bridgehead atoms. The molecule has 0 spiro atoms. The Morgan fingerprint density at radius 3 is 2.44 bits per heavy atom. The van der Waals surface area contributed by atoms with Gasteiger partial charge in [-0.2, -0.15) is 5.10 Å². The lowest BCUT2D eigenvalue weighted by Crippen LogP contribution is -2.40. The maximum atomic E-state index is 13.5. The van der Waals surface area contributed by atoms with E-state index in [1.807, 2.05) is 27.8 Å². The molecule has 2 aliphatic rings. The van der Waals surface area contributed by atoms with Crippen LogP contribution in [-0.2, 0) is 9.53 Å². The SMILES string of the molecule is CCOC(=O)c1cc(-c2ccc(F)cc2)n(C2CCN(C(=O)C3C[C@H]3c3ccccc3)CC2)n1. The van der Waals surface area contributed by atoms with Crippen LogP contribution in [0.3, 0.4) is 0 Å². The van der Waals surface area contributed by atoms with Gasteiger partial charge in [-0.3, -0.25) is 9.48 Å². The minimum absolute atomic E-state index is 0.0383. The molecule has 1 amide bonds. The highest BCUT2D eigenvalue weighted by molar-refractivity contribution is 5.88. The zero-order chi connectivity index (χ0) is 23.7. The van der Waals surface area contributed by atoms with Crippen molar-refractivity contribution >= 4 is 11.9 Å². The highest BCUT2D eigenvalue weighted by Gasteiger charge is 2.46. The Labute approximate surface area is 198 Å². The minimum atomic E-state index is -0.474. The minimum Gasteiger partial charge on any atom is -0.461 e. The third-order valence-electron chi connectivity index (χ3n) is 6.82. The third kappa shape index (κ3) is 4.47. The molecule has 5 rings (SSSR count). The van der Waals surface area contributed by atoms with Gasteiger partial charge in [0.15, 0.2) is 5.69 Å². The van der Waals surface area contributed by atoms with Crippen molar-refractivity contribution in [1.29, 1.82) is 0 Å². The van der Waals surface area contributed by atoms with Gasteiger partial charge < -0.3 is 9.64 Å². The normalized spacial score (nSPS) is 20.2. The third-order valence-corrected chi connectivity index (χ3v) is 6.82. The fourth-order valence-electron chi connectivity index (χ4n) is 4.92. The number of hydrogen-bond donors (Lipinski definition) is 0. The summed E-state index contributed by atoms with van der Waals surface area (Å²) in [6.45, 7) is 3.33. The van der Waals surface area contributed by atoms with Gasteiger partial charge in [0.1, 0.15) is 5.82 Å². The molecule has 2 fully saturated rings. The number of ether oxygens (including phenoxy) is 1. The Morgan fingerprint density at radius 1 is 1.06 bits per heavy atom. The van der Waals surface area contributed by atoms with Crippen molar-refractivity contribution in [2.24, 2.45) is 5.92 Å². The summed E-state index contributed by atoms with van der Waals surface area (Å²) in [5.74, 6) is -0.151. The molecule has 1 aromatic heterocycles. The second kappa shape index (κ2) is 9.41. The lowest BCUT2D eigenvalue weighted by atomic mass is 10.0. The molecule has 1 unspecified atom stereocenters. The Balaban J connectivity index is 1.30. The summed E-state index contributed by atoms with van der Waals surface area (Å²) in [5, 5.41) is 4.57. The molecule has 2 heterocycles. The molecule has 1 aliphatic carbocycles. The Kier molecular flexibility index (Phi) is 6.18. The number of benzene rings is 2. The Bertz CT molecular complexity index is 1170. The van der Waals surface area contributed by atoms with Crippen molar-refractivity contribution in [3.05, 3.63) is 77.7 Å². The topological polar surface area (TPSA) is 64.4 Å². The van der Waals surface area contributed by atoms with E-state index in [0.717, 1.165) is 30.5 Å². The number of nitrogens with zero attached hydrogens (tertiary/aromatic N) is 3. The van der Waals surface area contributed by atoms with Crippen LogP contribution in [0.15, 0.2) is 60.7 Å². The van der Waals surface area contributed by atoms with Crippen LogP contribution in [0.4, 0.5) is 4.39 Å². The molecule has 2 aromatic carbocycles. The molecule has 7 heteroatoms. The van der Waals surface area contributed by atoms with E-state index >= 15 is 0 Å². The molecule has 34 heavy (non-hydrogen) atoms. The largest absolute Gasteiger partial charge is 0.461 e. The van der Waals surface area contributed by atoms with Crippen LogP contribution >= 0.6 is 0 Å². The second-order valence-electron chi connectivity index (χ2n) is 9.00. The maximum absolute atomic E-state index is 13.5. The molecule has 1 saturated carbocycles. The van der Waals surface area contributed by atoms with Crippen LogP contribution in [0.2, 0.25) is 0 Å². The second-order valence-corrected chi connectivity index (χ2v) is 9.00. The number of carbonyl (C=O) groups excluding carboxylic acids is 2. The van der Waals surface area contributed by atoms with Crippen LogP contribution in [0.5, 0.6) is 0 Å². The van der Waals surface area contributed by atoms with Crippen molar-refractivity contribution in [3.8, 4) is 11.3 Å². The zero-order valence-electron chi connectivity index (χ0n) is 19.2. The van der Waals surface area contributed by atoms with Crippen LogP contribution in [-0.4, -0.2) is 46.3 Å². The first kappa shape index (κ1) is 22.3. The monoisotopic (exact) mass is 461 g/mol. The van der Waals surface area contributed by atoms with Gasteiger partial charge >= 0.3 is 5.97 Å². The Morgan fingerprint density at radius 2 is 1.76 bits per heavy atom. The fourth-order valence-corrected chi connectivity index (χ4v) is 4.92. The first-order chi connectivity index (χ1) is 16.5. The van der Waals surface area contributed by atoms with Crippen molar-refractivity contribution < 1.29 is 18.7 Å². The number of carbonyl (C=O) groups is 2. The lowest BCUT2D eigenvalue weighted by molar-refractivity contribution is -0.134. The van der Waals surface area contributed by atoms with Crippen LogP contribution < -0.4 is 0 Å². The summed E-state index contributed by atoms with van der Waals surface area (Å²) in [5.41, 5.74) is 3.01. The molecular formula is C27H28FN3O3. The molecule has 6 nitrogen and oxygen atoms in total. The van der Waals surface area contributed by atoms with E-state index < -0.39 is 5.97 Å². The summed E-state index contributed by atoms with van der Waals surface area (Å²) >= 11 is 0. The van der Waals surface area contributed by atoms with E-state index in [-0.39, 0.29) is 36.0 Å². The van der Waals surface area contributed by atoms with Gasteiger partial charge in [-0.25, -0.2) is 9.18 Å². The van der Waals surface area contributed by atoms with Gasteiger partial charge in [0.2, 0.25) is 5.91 Å². The maximum Gasteiger partial charge on any atom is 0.358 e. The van der Waals surface area contributed by atoms with Gasteiger partial charge in [-0.05, 0) is 68.0 Å². The van der Waals surface area contributed by atoms with E-state index in [1.54, 1.807) is 25.1 Å². The number of halogens is 1. The first-order valence-electron chi connectivity index (χ1n) is 11.9. The number of esters is 1. The highest BCUT2D eigenvalue weighted by atomic mass is 19.1. The molecule has 2 atom stereocenters. The standard InChI is InChI=1S/C27H28FN3O3/c1-2-34-27(33)24-17-25(19-8-10-20(28)11-9-19)31(29-24)21-12-14-30(15-13-21)26(32)23-16-22(23)18-6-4-3-5-7-18/h3-11,17,21-23H,2,12-16H2,1H3/t22-,23?/m0/s1. The van der Waals surface area contributed by atoms with Gasteiger partial charge in [0.25, 0.3) is 0 Å². The molecule has 1 saturated heterocycles. The number of hydrogen-bond acceptors (Lipinski definition) is 4. The smallest absolute Gasteiger partial charge is 0.358 e. The average molecular weight is 462 g/mol. The van der Waals surface area contributed by atoms with E-state index in [4.69, 9.17) is 4.74 Å². The molecule has 176 valence electrons. The van der Waals surface area contributed by atoms with Crippen LogP contribution in [0, 0.1) is 11.7 Å². The highest BCUT2D eigenvalue weighted by Crippen LogP contribution is 2.48. The summed E-state index contributed by atoms with van der Waals surface area (Å²) in [6.07, 6.45) is 2.40. The summed E-state index contributed by atoms with van der Waals surface area (Å²) in [4.78, 5) is 27.4. The van der Waals surface area contributed by atoms with Crippen LogP contribution in [0.1, 0.15) is 54.2 Å². The van der Waals surface area contributed by atoms with E-state index in [2.05, 4.69) is 17.2 Å². The predicted molar refractivity (Wildman–Crippen MR) is 126 cm³/mol. The van der Waals surface area contributed by atoms with Gasteiger partial charge in [-0.1, -0.05) is 30.3 Å². The number of amides is 1. The average Bonchev–Trinajstić information content (AvgIpc) is 3.55. The van der Waals surface area contributed by atoms with Crippen LogP contribution in [0.25, 0.3) is 11.3 Å². The van der Waals surface area contributed by atoms with Gasteiger partial charge in [-0.15, -0.1) is 0 Å². The zero-order valence-corrected chi connectivity index (χ0v) is 19.2. The predicted octanol–water partition coefficient (Wildman–Crippen LogP) is 4.83. The number of piperidine rings is 1. The van der Waals surface area contributed by atoms with E-state index in [9.17, 15) is 14.0 Å². The number of aromatic nitrogens is 2. The van der Waals surface area contributed by atoms with Crippen molar-refractivity contribution in [1.82, 2.24) is 14.7 Å². The first-order valence-corrected chi connectivity index (χ1v) is 11.9. The van der Waals surface area contributed by atoms with Crippen molar-refractivity contribution in [3.63, 3.8) is 0 Å². The van der Waals surface area contributed by atoms with Gasteiger partial charge in [0, 0.05) is 24.6 Å². The molecule has 0 radical (unpaired) electrons. The van der Waals surface area contributed by atoms with E-state index in [1.165, 1.54) is 17.7 Å². The van der Waals surface area contributed by atoms with Gasteiger partial charge in [0.05, 0.1) is 18.3 Å². The number of rotatable bonds is 6. The number of likely N-dealkylation sites (tertiary alicyclic amines) is 1. The summed E-state index contributed by atoms with van der Waals surface area (Å²) < 4.78 is 20.5. The fraction of sp³-hybridized carbons (Fsp3) is 0.370. The molecule has 3 aromatic rings. The Hall–Kier alpha value is -3.48. The summed E-state index contributed by atoms with van der Waals surface area (Å²) in [6, 6.07) is 18.2. The molecular weight excluding hydrogens is 433 g/mol. The molecule has 1 aliphatic heterocycles. The van der Waals surface area contributed by atoms with Crippen molar-refractivity contribution in [2.75, 3.05) is 19.7 Å².